The van der Waals surface area contributed by atoms with Gasteiger partial charge in [-0.3, -0.25) is 4.79 Å². The van der Waals surface area contributed by atoms with Crippen LogP contribution in [0.5, 0.6) is 0 Å². The first-order valence-electron chi connectivity index (χ1n) is 5.83. The van der Waals surface area contributed by atoms with E-state index in [0.29, 0.717) is 18.0 Å². The van der Waals surface area contributed by atoms with E-state index < -0.39 is 0 Å². The van der Waals surface area contributed by atoms with Crippen LogP contribution in [0.1, 0.15) is 33.1 Å². The zero-order valence-corrected chi connectivity index (χ0v) is 10.7. The maximum atomic E-state index is 11.4. The molecule has 1 aliphatic rings. The molecule has 1 aliphatic carbocycles. The van der Waals surface area contributed by atoms with Crippen LogP contribution in [0, 0.1) is 5.92 Å². The van der Waals surface area contributed by atoms with Crippen LogP contribution in [0.2, 0.25) is 0 Å². The molecule has 3 atom stereocenters. The molecule has 1 rings (SSSR count). The summed E-state index contributed by atoms with van der Waals surface area (Å²) in [6.07, 6.45) is 3.60. The van der Waals surface area contributed by atoms with Gasteiger partial charge < -0.3 is 9.80 Å². The van der Waals surface area contributed by atoms with Crippen LogP contribution in [-0.4, -0.2) is 48.9 Å². The normalized spacial score (nSPS) is 31.7. The Labute approximate surface area is 93.4 Å². The van der Waals surface area contributed by atoms with Crippen molar-refractivity contribution in [3.63, 3.8) is 0 Å². The van der Waals surface area contributed by atoms with Gasteiger partial charge in [0.25, 0.3) is 0 Å². The van der Waals surface area contributed by atoms with Crippen LogP contribution in [0.15, 0.2) is 0 Å². The van der Waals surface area contributed by atoms with E-state index >= 15 is 0 Å². The summed E-state index contributed by atoms with van der Waals surface area (Å²) >= 11 is 0. The van der Waals surface area contributed by atoms with Crippen molar-refractivity contribution in [1.82, 2.24) is 9.80 Å². The van der Waals surface area contributed by atoms with Gasteiger partial charge in [-0.2, -0.15) is 0 Å². The second kappa shape index (κ2) is 4.97. The first-order valence-corrected chi connectivity index (χ1v) is 5.83. The van der Waals surface area contributed by atoms with E-state index in [9.17, 15) is 4.79 Å². The molecule has 0 spiro atoms. The smallest absolute Gasteiger partial charge is 0.219 e. The Kier molecular flexibility index (Phi) is 4.14. The molecule has 0 heterocycles. The third kappa shape index (κ3) is 2.94. The monoisotopic (exact) mass is 212 g/mol. The summed E-state index contributed by atoms with van der Waals surface area (Å²) < 4.78 is 0. The standard InChI is InChI=1S/C12H24N2O/c1-9-6-7-11(13(3)4)8-12(9)14(5)10(2)15/h9,11-12H,6-8H2,1-5H3. The fourth-order valence-electron chi connectivity index (χ4n) is 2.52. The molecule has 0 bridgehead atoms. The Balaban J connectivity index is 2.65. The van der Waals surface area contributed by atoms with Crippen LogP contribution in [-0.2, 0) is 4.79 Å². The lowest BCUT2D eigenvalue weighted by Crippen LogP contribution is -2.47. The Bertz CT molecular complexity index is 228. The molecule has 88 valence electrons. The fraction of sp³-hybridized carbons (Fsp3) is 0.917. The lowest BCUT2D eigenvalue weighted by Gasteiger charge is -2.41. The number of hydrogen-bond acceptors (Lipinski definition) is 2. The third-order valence-corrected chi connectivity index (χ3v) is 3.85. The van der Waals surface area contributed by atoms with Crippen molar-refractivity contribution in [2.45, 2.75) is 45.2 Å². The summed E-state index contributed by atoms with van der Waals surface area (Å²) in [4.78, 5) is 15.6. The predicted molar refractivity (Wildman–Crippen MR) is 62.7 cm³/mol. The first-order chi connectivity index (χ1) is 6.93. The highest BCUT2D eigenvalue weighted by Gasteiger charge is 2.32. The predicted octanol–water partition coefficient (Wildman–Crippen LogP) is 1.58. The molecule has 3 nitrogen and oxygen atoms in total. The zero-order valence-electron chi connectivity index (χ0n) is 10.7. The maximum Gasteiger partial charge on any atom is 0.219 e. The number of hydrogen-bond donors (Lipinski definition) is 0. The SMILES string of the molecule is CC(=O)N(C)C1CC(N(C)C)CCC1C. The summed E-state index contributed by atoms with van der Waals surface area (Å²) in [5.41, 5.74) is 0. The molecule has 0 radical (unpaired) electrons. The average molecular weight is 212 g/mol. The minimum absolute atomic E-state index is 0.186. The van der Waals surface area contributed by atoms with Gasteiger partial charge in [-0.25, -0.2) is 0 Å². The minimum atomic E-state index is 0.186. The van der Waals surface area contributed by atoms with E-state index in [0.717, 1.165) is 6.42 Å². The molecule has 1 fully saturated rings. The molecule has 0 aromatic heterocycles. The van der Waals surface area contributed by atoms with E-state index in [1.807, 2.05) is 11.9 Å². The van der Waals surface area contributed by atoms with Crippen molar-refractivity contribution in [3.05, 3.63) is 0 Å². The fourth-order valence-corrected chi connectivity index (χ4v) is 2.52. The van der Waals surface area contributed by atoms with Crippen molar-refractivity contribution < 1.29 is 4.79 Å². The molecule has 0 N–H and O–H groups in total. The Morgan fingerprint density at radius 3 is 2.27 bits per heavy atom. The molecule has 1 amide bonds. The van der Waals surface area contributed by atoms with Gasteiger partial charge in [0.15, 0.2) is 0 Å². The van der Waals surface area contributed by atoms with Gasteiger partial charge >= 0.3 is 0 Å². The van der Waals surface area contributed by atoms with E-state index in [4.69, 9.17) is 0 Å². The zero-order chi connectivity index (χ0) is 11.6. The van der Waals surface area contributed by atoms with Gasteiger partial charge in [-0.1, -0.05) is 6.92 Å². The molecule has 3 heteroatoms. The lowest BCUT2D eigenvalue weighted by atomic mass is 9.81. The van der Waals surface area contributed by atoms with Crippen LogP contribution < -0.4 is 0 Å². The van der Waals surface area contributed by atoms with Crippen molar-refractivity contribution in [1.29, 1.82) is 0 Å². The number of carbonyl (C=O) groups is 1. The van der Waals surface area contributed by atoms with E-state index in [1.54, 1.807) is 6.92 Å². The largest absolute Gasteiger partial charge is 0.343 e. The average Bonchev–Trinajstić information content (AvgIpc) is 2.16. The molecule has 3 unspecified atom stereocenters. The van der Waals surface area contributed by atoms with Crippen molar-refractivity contribution >= 4 is 5.91 Å². The van der Waals surface area contributed by atoms with Gasteiger partial charge in [0.05, 0.1) is 0 Å². The summed E-state index contributed by atoms with van der Waals surface area (Å²) in [5.74, 6) is 0.821. The lowest BCUT2D eigenvalue weighted by molar-refractivity contribution is -0.131. The highest BCUT2D eigenvalue weighted by atomic mass is 16.2. The topological polar surface area (TPSA) is 23.6 Å². The summed E-state index contributed by atoms with van der Waals surface area (Å²) in [7, 11) is 6.19. The van der Waals surface area contributed by atoms with E-state index in [1.165, 1.54) is 12.8 Å². The molecular weight excluding hydrogens is 188 g/mol. The maximum absolute atomic E-state index is 11.4. The molecule has 0 aromatic carbocycles. The van der Waals surface area contributed by atoms with Crippen molar-refractivity contribution in [2.75, 3.05) is 21.1 Å². The van der Waals surface area contributed by atoms with Crippen LogP contribution in [0.4, 0.5) is 0 Å². The highest BCUT2D eigenvalue weighted by Crippen LogP contribution is 2.29. The molecule has 1 saturated carbocycles. The second-order valence-corrected chi connectivity index (χ2v) is 5.11. The number of amides is 1. The summed E-state index contributed by atoms with van der Waals surface area (Å²) in [6, 6.07) is 1.05. The molecule has 15 heavy (non-hydrogen) atoms. The van der Waals surface area contributed by atoms with Crippen LogP contribution in [0.25, 0.3) is 0 Å². The number of nitrogens with zero attached hydrogens (tertiary/aromatic N) is 2. The molecule has 0 saturated heterocycles. The van der Waals surface area contributed by atoms with Crippen LogP contribution in [0.3, 0.4) is 0 Å². The van der Waals surface area contributed by atoms with Crippen molar-refractivity contribution in [2.24, 2.45) is 5.92 Å². The molecular formula is C12H24N2O. The number of carbonyl (C=O) groups excluding carboxylic acids is 1. The van der Waals surface area contributed by atoms with E-state index in [-0.39, 0.29) is 5.91 Å². The van der Waals surface area contributed by atoms with Crippen LogP contribution >= 0.6 is 0 Å². The summed E-state index contributed by atoms with van der Waals surface area (Å²) in [5, 5.41) is 0. The summed E-state index contributed by atoms with van der Waals surface area (Å²) in [6.45, 7) is 3.92. The second-order valence-electron chi connectivity index (χ2n) is 5.11. The van der Waals surface area contributed by atoms with Gasteiger partial charge in [-0.15, -0.1) is 0 Å². The van der Waals surface area contributed by atoms with E-state index in [2.05, 4.69) is 25.9 Å². The van der Waals surface area contributed by atoms with Gasteiger partial charge in [0.2, 0.25) is 5.91 Å². The van der Waals surface area contributed by atoms with Crippen molar-refractivity contribution in [3.8, 4) is 0 Å². The Morgan fingerprint density at radius 2 is 1.80 bits per heavy atom. The van der Waals surface area contributed by atoms with Gasteiger partial charge in [0, 0.05) is 26.1 Å². The Hall–Kier alpha value is -0.570. The van der Waals surface area contributed by atoms with Gasteiger partial charge in [0.1, 0.15) is 0 Å². The quantitative estimate of drug-likeness (QED) is 0.694. The Morgan fingerprint density at radius 1 is 1.20 bits per heavy atom. The molecule has 0 aromatic rings. The molecule has 0 aliphatic heterocycles. The first kappa shape index (κ1) is 12.5. The minimum Gasteiger partial charge on any atom is -0.343 e. The van der Waals surface area contributed by atoms with Gasteiger partial charge in [-0.05, 0) is 39.3 Å². The third-order valence-electron chi connectivity index (χ3n) is 3.85. The number of rotatable bonds is 2. The highest BCUT2D eigenvalue weighted by molar-refractivity contribution is 5.73.